The van der Waals surface area contributed by atoms with Crippen LogP contribution in [0.5, 0.6) is 0 Å². The first kappa shape index (κ1) is 12.2. The Balaban J connectivity index is 1.81. The number of furan rings is 1. The lowest BCUT2D eigenvalue weighted by Crippen LogP contribution is -2.25. The van der Waals surface area contributed by atoms with Crippen LogP contribution >= 0.6 is 22.9 Å². The number of thiophene rings is 1. The van der Waals surface area contributed by atoms with E-state index < -0.39 is 0 Å². The van der Waals surface area contributed by atoms with Crippen LogP contribution in [0.3, 0.4) is 0 Å². The molecule has 2 heterocycles. The SMILES string of the molecule is O=C(NCCc1cccs1)c1ccc(CCl)o1. The van der Waals surface area contributed by atoms with Gasteiger partial charge in [0.05, 0.1) is 5.88 Å². The Morgan fingerprint density at radius 1 is 1.41 bits per heavy atom. The van der Waals surface area contributed by atoms with Crippen molar-refractivity contribution >= 4 is 28.8 Å². The van der Waals surface area contributed by atoms with Gasteiger partial charge in [0.25, 0.3) is 5.91 Å². The van der Waals surface area contributed by atoms with Crippen LogP contribution in [-0.2, 0) is 12.3 Å². The maximum atomic E-state index is 11.7. The molecule has 2 rings (SSSR count). The molecule has 1 N–H and O–H groups in total. The molecule has 0 aliphatic carbocycles. The molecule has 3 nitrogen and oxygen atoms in total. The molecule has 0 saturated carbocycles. The van der Waals surface area contributed by atoms with Gasteiger partial charge in [-0.2, -0.15) is 0 Å². The first-order valence-corrected chi connectivity index (χ1v) is 6.66. The second-order valence-electron chi connectivity index (χ2n) is 3.48. The lowest BCUT2D eigenvalue weighted by Gasteiger charge is -2.01. The Kier molecular flexibility index (Phi) is 4.23. The zero-order valence-corrected chi connectivity index (χ0v) is 10.7. The molecular formula is C12H12ClNO2S. The van der Waals surface area contributed by atoms with Crippen LogP contribution in [0.1, 0.15) is 21.2 Å². The third-order valence-electron chi connectivity index (χ3n) is 2.25. The van der Waals surface area contributed by atoms with Gasteiger partial charge in [0.15, 0.2) is 5.76 Å². The standard InChI is InChI=1S/C12H12ClNO2S/c13-8-9-3-4-11(16-9)12(15)14-6-5-10-2-1-7-17-10/h1-4,7H,5-6,8H2,(H,14,15). The van der Waals surface area contributed by atoms with Gasteiger partial charge in [0.1, 0.15) is 5.76 Å². The number of hydrogen-bond donors (Lipinski definition) is 1. The van der Waals surface area contributed by atoms with Gasteiger partial charge in [-0.1, -0.05) is 6.07 Å². The second-order valence-corrected chi connectivity index (χ2v) is 4.78. The molecule has 1 amide bonds. The van der Waals surface area contributed by atoms with Crippen molar-refractivity contribution in [1.82, 2.24) is 5.32 Å². The maximum Gasteiger partial charge on any atom is 0.287 e. The highest BCUT2D eigenvalue weighted by Gasteiger charge is 2.09. The molecule has 0 radical (unpaired) electrons. The molecule has 0 bridgehead atoms. The number of carbonyl (C=O) groups is 1. The van der Waals surface area contributed by atoms with Crippen molar-refractivity contribution in [2.45, 2.75) is 12.3 Å². The number of alkyl halides is 1. The number of rotatable bonds is 5. The van der Waals surface area contributed by atoms with E-state index in [0.717, 1.165) is 6.42 Å². The van der Waals surface area contributed by atoms with Crippen molar-refractivity contribution in [3.63, 3.8) is 0 Å². The van der Waals surface area contributed by atoms with E-state index in [2.05, 4.69) is 11.4 Å². The third kappa shape index (κ3) is 3.35. The Hall–Kier alpha value is -1.26. The number of nitrogens with one attached hydrogen (secondary N) is 1. The molecule has 0 saturated heterocycles. The summed E-state index contributed by atoms with van der Waals surface area (Å²) in [6, 6.07) is 7.40. The monoisotopic (exact) mass is 269 g/mol. The summed E-state index contributed by atoms with van der Waals surface area (Å²) in [6.45, 7) is 0.607. The highest BCUT2D eigenvalue weighted by Crippen LogP contribution is 2.11. The first-order chi connectivity index (χ1) is 8.29. The minimum absolute atomic E-state index is 0.196. The molecule has 0 fully saturated rings. The molecule has 2 aromatic rings. The van der Waals surface area contributed by atoms with Gasteiger partial charge in [0.2, 0.25) is 0 Å². The molecular weight excluding hydrogens is 258 g/mol. The second kappa shape index (κ2) is 5.89. The maximum absolute atomic E-state index is 11.7. The van der Waals surface area contributed by atoms with Crippen molar-refractivity contribution in [3.8, 4) is 0 Å². The summed E-state index contributed by atoms with van der Waals surface area (Å²) in [5.74, 6) is 1.00. The van der Waals surface area contributed by atoms with Crippen LogP contribution in [-0.4, -0.2) is 12.5 Å². The molecule has 2 aromatic heterocycles. The predicted octanol–water partition coefficient (Wildman–Crippen LogP) is 3.05. The lowest BCUT2D eigenvalue weighted by molar-refractivity contribution is 0.0925. The average molecular weight is 270 g/mol. The summed E-state index contributed by atoms with van der Waals surface area (Å²) in [4.78, 5) is 12.9. The summed E-state index contributed by atoms with van der Waals surface area (Å²) in [5.41, 5.74) is 0. The number of hydrogen-bond acceptors (Lipinski definition) is 3. The number of carbonyl (C=O) groups excluding carboxylic acids is 1. The van der Waals surface area contributed by atoms with Crippen molar-refractivity contribution in [1.29, 1.82) is 0 Å². The quantitative estimate of drug-likeness (QED) is 0.848. The largest absolute Gasteiger partial charge is 0.455 e. The predicted molar refractivity (Wildman–Crippen MR) is 68.6 cm³/mol. The van der Waals surface area contributed by atoms with Crippen molar-refractivity contribution in [3.05, 3.63) is 46.0 Å². The zero-order chi connectivity index (χ0) is 12.1. The van der Waals surface area contributed by atoms with Crippen LogP contribution in [0.2, 0.25) is 0 Å². The van der Waals surface area contributed by atoms with E-state index in [1.54, 1.807) is 23.5 Å². The number of halogens is 1. The van der Waals surface area contributed by atoms with Crippen LogP contribution in [0.25, 0.3) is 0 Å². The van der Waals surface area contributed by atoms with Crippen molar-refractivity contribution in [2.75, 3.05) is 6.54 Å². The van der Waals surface area contributed by atoms with E-state index in [1.165, 1.54) is 4.88 Å². The van der Waals surface area contributed by atoms with Crippen molar-refractivity contribution < 1.29 is 9.21 Å². The molecule has 90 valence electrons. The molecule has 0 atom stereocenters. The summed E-state index contributed by atoms with van der Waals surface area (Å²) in [5, 5.41) is 4.83. The first-order valence-electron chi connectivity index (χ1n) is 5.25. The topological polar surface area (TPSA) is 42.2 Å². The smallest absolute Gasteiger partial charge is 0.287 e. The van der Waals surface area contributed by atoms with Gasteiger partial charge in [-0.15, -0.1) is 22.9 Å². The molecule has 17 heavy (non-hydrogen) atoms. The normalized spacial score (nSPS) is 10.4. The van der Waals surface area contributed by atoms with Gasteiger partial charge in [-0.25, -0.2) is 0 Å². The average Bonchev–Trinajstić information content (AvgIpc) is 2.99. The van der Waals surface area contributed by atoms with Gasteiger partial charge >= 0.3 is 0 Å². The zero-order valence-electron chi connectivity index (χ0n) is 9.11. The van der Waals surface area contributed by atoms with E-state index in [9.17, 15) is 4.79 Å². The Labute approximate surface area is 108 Å². The van der Waals surface area contributed by atoms with Crippen LogP contribution in [0, 0.1) is 0 Å². The Morgan fingerprint density at radius 2 is 2.29 bits per heavy atom. The van der Waals surface area contributed by atoms with Crippen molar-refractivity contribution in [2.24, 2.45) is 0 Å². The molecule has 0 unspecified atom stereocenters. The van der Waals surface area contributed by atoms with Gasteiger partial charge < -0.3 is 9.73 Å². The summed E-state index contributed by atoms with van der Waals surface area (Å²) >= 11 is 7.28. The third-order valence-corrected chi connectivity index (χ3v) is 3.45. The fourth-order valence-electron chi connectivity index (χ4n) is 1.41. The Bertz CT molecular complexity index is 478. The van der Waals surface area contributed by atoms with E-state index in [-0.39, 0.29) is 11.8 Å². The van der Waals surface area contributed by atoms with Gasteiger partial charge in [0, 0.05) is 11.4 Å². The fourth-order valence-corrected chi connectivity index (χ4v) is 2.27. The molecule has 0 aliphatic rings. The molecule has 5 heteroatoms. The minimum atomic E-state index is -0.196. The molecule has 0 aliphatic heterocycles. The van der Waals surface area contributed by atoms with Gasteiger partial charge in [-0.3, -0.25) is 4.79 Å². The Morgan fingerprint density at radius 3 is 2.94 bits per heavy atom. The molecule has 0 aromatic carbocycles. The minimum Gasteiger partial charge on any atom is -0.455 e. The highest BCUT2D eigenvalue weighted by atomic mass is 35.5. The van der Waals surface area contributed by atoms with E-state index in [4.69, 9.17) is 16.0 Å². The van der Waals surface area contributed by atoms with Crippen LogP contribution < -0.4 is 5.32 Å². The van der Waals surface area contributed by atoms with Crippen LogP contribution in [0.15, 0.2) is 34.1 Å². The van der Waals surface area contributed by atoms with Gasteiger partial charge in [-0.05, 0) is 30.0 Å². The van der Waals surface area contributed by atoms with E-state index in [0.29, 0.717) is 18.1 Å². The summed E-state index contributed by atoms with van der Waals surface area (Å²) in [6.07, 6.45) is 0.840. The summed E-state index contributed by atoms with van der Waals surface area (Å²) < 4.78 is 5.24. The lowest BCUT2D eigenvalue weighted by atomic mass is 10.3. The van der Waals surface area contributed by atoms with E-state index in [1.807, 2.05) is 11.4 Å². The summed E-state index contributed by atoms with van der Waals surface area (Å²) in [7, 11) is 0. The highest BCUT2D eigenvalue weighted by molar-refractivity contribution is 7.09. The number of amides is 1. The van der Waals surface area contributed by atoms with Crippen LogP contribution in [0.4, 0.5) is 0 Å². The fraction of sp³-hybridized carbons (Fsp3) is 0.250. The van der Waals surface area contributed by atoms with E-state index >= 15 is 0 Å². The molecule has 0 spiro atoms.